The lowest BCUT2D eigenvalue weighted by molar-refractivity contribution is -0.211. The van der Waals surface area contributed by atoms with Crippen LogP contribution in [-0.4, -0.2) is 33.5 Å². The summed E-state index contributed by atoms with van der Waals surface area (Å²) in [5.74, 6) is 1.43. The van der Waals surface area contributed by atoms with Crippen molar-refractivity contribution in [2.24, 2.45) is 56.7 Å². The second-order valence-electron chi connectivity index (χ2n) is 14.6. The van der Waals surface area contributed by atoms with Crippen LogP contribution in [-0.2, 0) is 4.79 Å². The van der Waals surface area contributed by atoms with Gasteiger partial charge in [0.1, 0.15) is 0 Å². The highest BCUT2D eigenvalue weighted by Gasteiger charge is 2.70. The van der Waals surface area contributed by atoms with Crippen LogP contribution in [0.4, 0.5) is 0 Å². The largest absolute Gasteiger partial charge is 0.481 e. The molecule has 34 heavy (non-hydrogen) atoms. The molecule has 0 aromatic carbocycles. The number of aliphatic hydroxyl groups is 2. The summed E-state index contributed by atoms with van der Waals surface area (Å²) < 4.78 is 0. The molecule has 4 saturated carbocycles. The Hall–Kier alpha value is -0.870. The Morgan fingerprint density at radius 2 is 1.62 bits per heavy atom. The first-order chi connectivity index (χ1) is 15.7. The molecule has 11 atom stereocenters. The lowest BCUT2D eigenvalue weighted by atomic mass is 9.35. The van der Waals surface area contributed by atoms with Crippen molar-refractivity contribution >= 4 is 5.97 Å². The van der Waals surface area contributed by atoms with E-state index in [1.165, 1.54) is 32.1 Å². The van der Waals surface area contributed by atoms with Crippen molar-refractivity contribution in [3.05, 3.63) is 11.6 Å². The summed E-state index contributed by atoms with van der Waals surface area (Å²) in [6.45, 7) is 16.4. The van der Waals surface area contributed by atoms with Gasteiger partial charge in [-0.2, -0.15) is 0 Å². The van der Waals surface area contributed by atoms with E-state index < -0.39 is 23.6 Å². The van der Waals surface area contributed by atoms with Crippen LogP contribution in [0.15, 0.2) is 11.6 Å². The topological polar surface area (TPSA) is 77.8 Å². The van der Waals surface area contributed by atoms with Gasteiger partial charge in [0.2, 0.25) is 0 Å². The van der Waals surface area contributed by atoms with Crippen LogP contribution >= 0.6 is 0 Å². The van der Waals surface area contributed by atoms with Crippen molar-refractivity contribution in [2.45, 2.75) is 112 Å². The zero-order chi connectivity index (χ0) is 25.1. The van der Waals surface area contributed by atoms with Crippen LogP contribution in [0.25, 0.3) is 0 Å². The molecule has 4 nitrogen and oxygen atoms in total. The Morgan fingerprint density at radius 3 is 2.24 bits per heavy atom. The van der Waals surface area contributed by atoms with Gasteiger partial charge in [0, 0.05) is 0 Å². The molecule has 192 valence electrons. The molecule has 4 fully saturated rings. The van der Waals surface area contributed by atoms with Gasteiger partial charge in [-0.3, -0.25) is 4.79 Å². The van der Waals surface area contributed by atoms with Crippen molar-refractivity contribution in [1.29, 1.82) is 0 Å². The molecular weight excluding hydrogens is 424 g/mol. The Bertz CT molecular complexity index is 909. The number of carboxylic acids is 1. The van der Waals surface area contributed by atoms with Crippen molar-refractivity contribution in [3.8, 4) is 0 Å². The minimum Gasteiger partial charge on any atom is -0.481 e. The molecule has 5 aliphatic carbocycles. The van der Waals surface area contributed by atoms with Gasteiger partial charge in [0.25, 0.3) is 0 Å². The number of fused-ring (bicyclic) bond motifs is 7. The highest BCUT2D eigenvalue weighted by atomic mass is 16.4. The van der Waals surface area contributed by atoms with Crippen LogP contribution in [0, 0.1) is 56.7 Å². The number of carboxylic acid groups (broad SMARTS) is 1. The summed E-state index contributed by atoms with van der Waals surface area (Å²) in [5.41, 5.74) is 0.739. The van der Waals surface area contributed by atoms with E-state index in [9.17, 15) is 20.1 Å². The van der Waals surface area contributed by atoms with Crippen molar-refractivity contribution in [3.63, 3.8) is 0 Å². The fourth-order valence-corrected chi connectivity index (χ4v) is 11.3. The third kappa shape index (κ3) is 2.71. The molecule has 0 saturated heterocycles. The van der Waals surface area contributed by atoms with Crippen LogP contribution in [0.3, 0.4) is 0 Å². The normalized spacial score (nSPS) is 56.7. The van der Waals surface area contributed by atoms with Gasteiger partial charge in [-0.15, -0.1) is 0 Å². The fraction of sp³-hybridized carbons (Fsp3) is 0.900. The van der Waals surface area contributed by atoms with E-state index in [0.29, 0.717) is 18.3 Å². The fourth-order valence-electron chi connectivity index (χ4n) is 11.3. The van der Waals surface area contributed by atoms with Crippen molar-refractivity contribution in [2.75, 3.05) is 0 Å². The van der Waals surface area contributed by atoms with Crippen LogP contribution in [0.5, 0.6) is 0 Å². The second-order valence-corrected chi connectivity index (χ2v) is 14.6. The Labute approximate surface area is 206 Å². The molecular formula is C30H48O4. The van der Waals surface area contributed by atoms with Crippen molar-refractivity contribution in [1.82, 2.24) is 0 Å². The van der Waals surface area contributed by atoms with Crippen LogP contribution in [0.1, 0.15) is 99.8 Å². The summed E-state index contributed by atoms with van der Waals surface area (Å²) in [6, 6.07) is 0. The monoisotopic (exact) mass is 472 g/mol. The zero-order valence-electron chi connectivity index (χ0n) is 22.5. The number of aliphatic carboxylic acids is 1. The maximum absolute atomic E-state index is 12.5. The van der Waals surface area contributed by atoms with Gasteiger partial charge in [-0.1, -0.05) is 53.2 Å². The Kier molecular flexibility index (Phi) is 5.36. The van der Waals surface area contributed by atoms with E-state index in [2.05, 4.69) is 47.6 Å². The van der Waals surface area contributed by atoms with E-state index in [1.54, 1.807) is 12.5 Å². The van der Waals surface area contributed by atoms with Gasteiger partial charge in [0.05, 0.1) is 17.6 Å². The Morgan fingerprint density at radius 1 is 0.941 bits per heavy atom. The lowest BCUT2D eigenvalue weighted by Crippen LogP contribution is -2.66. The molecule has 3 N–H and O–H groups in total. The average Bonchev–Trinajstić information content (AvgIpc) is 3.11. The van der Waals surface area contributed by atoms with E-state index in [-0.39, 0.29) is 28.1 Å². The summed E-state index contributed by atoms with van der Waals surface area (Å²) in [4.78, 5) is 12.5. The maximum Gasteiger partial charge on any atom is 0.312 e. The second kappa shape index (κ2) is 7.34. The van der Waals surface area contributed by atoms with Gasteiger partial charge in [0.15, 0.2) is 0 Å². The molecule has 0 aliphatic heterocycles. The van der Waals surface area contributed by atoms with Gasteiger partial charge >= 0.3 is 5.97 Å². The van der Waals surface area contributed by atoms with E-state index in [4.69, 9.17) is 0 Å². The molecule has 0 heterocycles. The minimum absolute atomic E-state index is 0.126. The van der Waals surface area contributed by atoms with E-state index in [0.717, 1.165) is 24.2 Å². The number of carbonyl (C=O) groups is 1. The first-order valence-corrected chi connectivity index (χ1v) is 14.0. The molecule has 5 rings (SSSR count). The summed E-state index contributed by atoms with van der Waals surface area (Å²) in [7, 11) is 0. The maximum atomic E-state index is 12.5. The third-order valence-electron chi connectivity index (χ3n) is 13.4. The average molecular weight is 473 g/mol. The number of rotatable bonds is 2. The standard InChI is InChI=1S/C30H48O4/c1-17(2)18-8-10-22-26(18,3)14-15-28(5)20-9-11-23-27(4,19(20)12-13-29(22,28)6)16-21(31)24(32)30(23,7)25(33)34/h9,17-19,21-24,31-32H,8,10-16H2,1-7H3,(H,33,34)/t18-,19+,21-,22-,23-,24+,26-,27-,28-,29+,30+/m1/s1. The molecule has 0 aromatic rings. The summed E-state index contributed by atoms with van der Waals surface area (Å²) in [5, 5.41) is 32.0. The number of hydrogen-bond acceptors (Lipinski definition) is 3. The lowest BCUT2D eigenvalue weighted by Gasteiger charge is -2.69. The summed E-state index contributed by atoms with van der Waals surface area (Å²) in [6.07, 6.45) is 8.84. The third-order valence-corrected chi connectivity index (χ3v) is 13.4. The molecule has 0 amide bonds. The van der Waals surface area contributed by atoms with E-state index in [1.807, 2.05) is 0 Å². The molecule has 4 heteroatoms. The predicted octanol–water partition coefficient (Wildman–Crippen LogP) is 6.06. The predicted molar refractivity (Wildman–Crippen MR) is 134 cm³/mol. The Balaban J connectivity index is 1.57. The highest BCUT2D eigenvalue weighted by Crippen LogP contribution is 2.76. The summed E-state index contributed by atoms with van der Waals surface area (Å²) >= 11 is 0. The number of aliphatic hydroxyl groups excluding tert-OH is 2. The zero-order valence-corrected chi connectivity index (χ0v) is 22.5. The first-order valence-electron chi connectivity index (χ1n) is 14.0. The van der Waals surface area contributed by atoms with Crippen LogP contribution in [0.2, 0.25) is 0 Å². The van der Waals surface area contributed by atoms with Crippen LogP contribution < -0.4 is 0 Å². The molecule has 0 aromatic heterocycles. The van der Waals surface area contributed by atoms with Crippen molar-refractivity contribution < 1.29 is 20.1 Å². The number of hydrogen-bond donors (Lipinski definition) is 3. The molecule has 0 unspecified atom stereocenters. The van der Waals surface area contributed by atoms with Gasteiger partial charge in [-0.25, -0.2) is 0 Å². The van der Waals surface area contributed by atoms with Gasteiger partial charge < -0.3 is 15.3 Å². The highest BCUT2D eigenvalue weighted by molar-refractivity contribution is 5.76. The molecule has 0 bridgehead atoms. The SMILES string of the molecule is CC(C)[C@H]1CC[C@@H]2[C@]1(C)CC[C@]1(C)C3=CC[C@@H]4[C@](C)(C[C@@H](O)[C@H](O)[C@@]4(C)C(=O)O)[C@H]3CC[C@@]21C. The van der Waals surface area contributed by atoms with E-state index >= 15 is 0 Å². The molecule has 0 radical (unpaired) electrons. The first kappa shape index (κ1) is 24.8. The molecule has 0 spiro atoms. The number of allylic oxidation sites excluding steroid dienone is 2. The van der Waals surface area contributed by atoms with Gasteiger partial charge in [-0.05, 0) is 110 Å². The molecule has 5 aliphatic rings. The smallest absolute Gasteiger partial charge is 0.312 e. The minimum atomic E-state index is -1.32. The quantitative estimate of drug-likeness (QED) is 0.427.